The lowest BCUT2D eigenvalue weighted by molar-refractivity contribution is 0.193. The van der Waals surface area contributed by atoms with Crippen molar-refractivity contribution in [2.45, 2.75) is 39.2 Å². The molecular weight excluding hydrogens is 296 g/mol. The summed E-state index contributed by atoms with van der Waals surface area (Å²) in [4.78, 5) is 2.42. The Hall–Kier alpha value is -0.910. The number of rotatable bonds is 8. The Morgan fingerprint density at radius 1 is 1.14 bits per heavy atom. The van der Waals surface area contributed by atoms with Gasteiger partial charge in [-0.05, 0) is 43.8 Å². The van der Waals surface area contributed by atoms with Crippen LogP contribution in [-0.4, -0.2) is 44.7 Å². The lowest BCUT2D eigenvalue weighted by Crippen LogP contribution is -2.46. The van der Waals surface area contributed by atoms with Gasteiger partial charge in [0, 0.05) is 12.6 Å². The minimum absolute atomic E-state index is 0.155. The molecule has 22 heavy (non-hydrogen) atoms. The maximum absolute atomic E-state index is 12.2. The van der Waals surface area contributed by atoms with Crippen LogP contribution in [0, 0.1) is 5.92 Å². The Balaban J connectivity index is 1.85. The lowest BCUT2D eigenvalue weighted by atomic mass is 10.0. The molecule has 4 nitrogen and oxygen atoms in total. The van der Waals surface area contributed by atoms with Crippen LogP contribution >= 0.6 is 0 Å². The Bertz CT molecular complexity index is 537. The van der Waals surface area contributed by atoms with Gasteiger partial charge >= 0.3 is 0 Å². The van der Waals surface area contributed by atoms with Crippen molar-refractivity contribution in [2.75, 3.05) is 25.4 Å². The molecule has 1 unspecified atom stereocenters. The summed E-state index contributed by atoms with van der Waals surface area (Å²) in [6, 6.07) is 10.1. The van der Waals surface area contributed by atoms with E-state index in [9.17, 15) is 8.42 Å². The molecule has 1 fully saturated rings. The van der Waals surface area contributed by atoms with Crippen LogP contribution in [0.5, 0.6) is 0 Å². The van der Waals surface area contributed by atoms with Crippen molar-refractivity contribution < 1.29 is 8.42 Å². The van der Waals surface area contributed by atoms with Crippen molar-refractivity contribution in [1.82, 2.24) is 9.62 Å². The van der Waals surface area contributed by atoms with Gasteiger partial charge < -0.3 is 0 Å². The first-order valence-corrected chi connectivity index (χ1v) is 9.88. The molecule has 1 atom stereocenters. The van der Waals surface area contributed by atoms with Crippen molar-refractivity contribution in [3.63, 3.8) is 0 Å². The number of sulfonamides is 1. The quantitative estimate of drug-likeness (QED) is 0.798. The van der Waals surface area contributed by atoms with Gasteiger partial charge in [-0.3, -0.25) is 4.90 Å². The molecule has 0 bridgehead atoms. The van der Waals surface area contributed by atoms with Crippen molar-refractivity contribution in [3.05, 3.63) is 35.9 Å². The molecule has 1 aliphatic rings. The van der Waals surface area contributed by atoms with E-state index in [1.54, 1.807) is 0 Å². The van der Waals surface area contributed by atoms with Crippen LogP contribution in [0.25, 0.3) is 0 Å². The molecule has 0 amide bonds. The van der Waals surface area contributed by atoms with Crippen LogP contribution in [0.1, 0.15) is 32.3 Å². The highest BCUT2D eigenvalue weighted by Gasteiger charge is 2.25. The van der Waals surface area contributed by atoms with Crippen LogP contribution in [0.15, 0.2) is 30.3 Å². The van der Waals surface area contributed by atoms with Gasteiger partial charge in [-0.15, -0.1) is 0 Å². The zero-order valence-corrected chi connectivity index (χ0v) is 14.5. The highest BCUT2D eigenvalue weighted by molar-refractivity contribution is 7.89. The summed E-state index contributed by atoms with van der Waals surface area (Å²) in [6.07, 6.45) is 3.01. The molecule has 0 aromatic heterocycles. The standard InChI is InChI=1S/C17H28N2O2S/c1-15(2)17(19-11-6-7-12-19)14-18-22(20,21)13-10-16-8-4-3-5-9-16/h3-5,8-9,15,17-18H,6-7,10-14H2,1-2H3. The number of likely N-dealkylation sites (tertiary alicyclic amines) is 1. The van der Waals surface area contributed by atoms with Gasteiger partial charge in [0.15, 0.2) is 0 Å². The fourth-order valence-electron chi connectivity index (χ4n) is 3.04. The van der Waals surface area contributed by atoms with E-state index in [2.05, 4.69) is 23.5 Å². The molecule has 1 saturated heterocycles. The molecule has 1 aliphatic heterocycles. The summed E-state index contributed by atoms with van der Waals surface area (Å²) in [5, 5.41) is 0. The van der Waals surface area contributed by atoms with Crippen molar-refractivity contribution in [3.8, 4) is 0 Å². The fraction of sp³-hybridized carbons (Fsp3) is 0.647. The molecule has 2 rings (SSSR count). The SMILES string of the molecule is CC(C)C(CNS(=O)(=O)CCc1ccccc1)N1CCCC1. The average molecular weight is 324 g/mol. The summed E-state index contributed by atoms with van der Waals surface area (Å²) < 4.78 is 27.3. The van der Waals surface area contributed by atoms with E-state index in [1.807, 2.05) is 30.3 Å². The van der Waals surface area contributed by atoms with Crippen molar-refractivity contribution in [1.29, 1.82) is 0 Å². The lowest BCUT2D eigenvalue weighted by Gasteiger charge is -2.30. The maximum atomic E-state index is 12.2. The third-order valence-corrected chi connectivity index (χ3v) is 5.74. The Morgan fingerprint density at radius 3 is 2.36 bits per heavy atom. The van der Waals surface area contributed by atoms with Gasteiger partial charge in [-0.2, -0.15) is 0 Å². The molecule has 0 saturated carbocycles. The summed E-state index contributed by atoms with van der Waals surface area (Å²) in [7, 11) is -3.21. The van der Waals surface area contributed by atoms with E-state index in [1.165, 1.54) is 12.8 Å². The second-order valence-corrected chi connectivity index (χ2v) is 8.38. The van der Waals surface area contributed by atoms with E-state index < -0.39 is 10.0 Å². The van der Waals surface area contributed by atoms with E-state index in [-0.39, 0.29) is 5.75 Å². The monoisotopic (exact) mass is 324 g/mol. The Morgan fingerprint density at radius 2 is 1.77 bits per heavy atom. The molecule has 0 spiro atoms. The van der Waals surface area contributed by atoms with E-state index in [0.717, 1.165) is 18.7 Å². The molecule has 124 valence electrons. The Kier molecular flexibility index (Phi) is 6.41. The van der Waals surface area contributed by atoms with Gasteiger partial charge in [-0.25, -0.2) is 13.1 Å². The minimum Gasteiger partial charge on any atom is -0.299 e. The fourth-order valence-corrected chi connectivity index (χ4v) is 4.11. The smallest absolute Gasteiger partial charge is 0.211 e. The molecule has 1 N–H and O–H groups in total. The highest BCUT2D eigenvalue weighted by atomic mass is 32.2. The summed E-state index contributed by atoms with van der Waals surface area (Å²) in [5.74, 6) is 0.608. The van der Waals surface area contributed by atoms with Crippen LogP contribution < -0.4 is 4.72 Å². The third-order valence-electron chi connectivity index (χ3n) is 4.39. The summed E-state index contributed by atoms with van der Waals surface area (Å²) >= 11 is 0. The first-order valence-electron chi connectivity index (χ1n) is 8.23. The van der Waals surface area contributed by atoms with Gasteiger partial charge in [0.05, 0.1) is 5.75 Å². The molecule has 5 heteroatoms. The predicted molar refractivity (Wildman–Crippen MR) is 91.4 cm³/mol. The van der Waals surface area contributed by atoms with E-state index >= 15 is 0 Å². The number of hydrogen-bond acceptors (Lipinski definition) is 3. The third kappa shape index (κ3) is 5.38. The normalized spacial score (nSPS) is 18.0. The number of nitrogens with one attached hydrogen (secondary N) is 1. The minimum atomic E-state index is -3.21. The van der Waals surface area contributed by atoms with Gasteiger partial charge in [0.25, 0.3) is 0 Å². The van der Waals surface area contributed by atoms with E-state index in [4.69, 9.17) is 0 Å². The molecule has 1 aromatic rings. The maximum Gasteiger partial charge on any atom is 0.211 e. The van der Waals surface area contributed by atoms with Gasteiger partial charge in [0.1, 0.15) is 0 Å². The predicted octanol–water partition coefficient (Wildman–Crippen LogP) is 2.27. The van der Waals surface area contributed by atoms with Crippen molar-refractivity contribution >= 4 is 10.0 Å². The van der Waals surface area contributed by atoms with Crippen LogP contribution in [0.2, 0.25) is 0 Å². The summed E-state index contributed by atoms with van der Waals surface area (Å²) in [5.41, 5.74) is 1.06. The molecular formula is C17H28N2O2S. The largest absolute Gasteiger partial charge is 0.299 e. The first kappa shape index (κ1) is 17.4. The second kappa shape index (κ2) is 8.09. The average Bonchev–Trinajstić information content (AvgIpc) is 3.00. The zero-order chi connectivity index (χ0) is 16.0. The molecule has 0 aliphatic carbocycles. The Labute approximate surface area is 135 Å². The highest BCUT2D eigenvalue weighted by Crippen LogP contribution is 2.17. The zero-order valence-electron chi connectivity index (χ0n) is 13.7. The van der Waals surface area contributed by atoms with Gasteiger partial charge in [-0.1, -0.05) is 44.2 Å². The second-order valence-electron chi connectivity index (χ2n) is 6.46. The number of nitrogens with zero attached hydrogens (tertiary/aromatic N) is 1. The van der Waals surface area contributed by atoms with E-state index in [0.29, 0.717) is 24.9 Å². The van der Waals surface area contributed by atoms with Gasteiger partial charge in [0.2, 0.25) is 10.0 Å². The molecule has 1 aromatic carbocycles. The van der Waals surface area contributed by atoms with Crippen LogP contribution in [-0.2, 0) is 16.4 Å². The first-order chi connectivity index (χ1) is 10.5. The topological polar surface area (TPSA) is 49.4 Å². The number of aryl methyl sites for hydroxylation is 1. The van der Waals surface area contributed by atoms with Crippen LogP contribution in [0.3, 0.4) is 0 Å². The number of benzene rings is 1. The molecule has 1 heterocycles. The summed E-state index contributed by atoms with van der Waals surface area (Å²) in [6.45, 7) is 7.04. The number of hydrogen-bond donors (Lipinski definition) is 1. The van der Waals surface area contributed by atoms with Crippen LogP contribution in [0.4, 0.5) is 0 Å². The van der Waals surface area contributed by atoms with Crippen molar-refractivity contribution in [2.24, 2.45) is 5.92 Å². The molecule has 0 radical (unpaired) electrons.